The van der Waals surface area contributed by atoms with E-state index in [-0.39, 0.29) is 24.3 Å². The molecule has 2 bridgehead atoms. The summed E-state index contributed by atoms with van der Waals surface area (Å²) < 4.78 is 5.36. The van der Waals surface area contributed by atoms with Crippen LogP contribution >= 0.6 is 0 Å². The van der Waals surface area contributed by atoms with Crippen LogP contribution in [-0.4, -0.2) is 47.4 Å². The number of hydrogen-bond acceptors (Lipinski definition) is 4. The van der Waals surface area contributed by atoms with E-state index in [1.807, 2.05) is 30.3 Å². The van der Waals surface area contributed by atoms with E-state index in [4.69, 9.17) is 4.74 Å². The van der Waals surface area contributed by atoms with E-state index >= 15 is 0 Å². The topological polar surface area (TPSA) is 61.8 Å². The van der Waals surface area contributed by atoms with Crippen molar-refractivity contribution in [2.45, 2.75) is 31.0 Å². The number of carbonyl (C=O) groups excluding carboxylic acids is 1. The second-order valence-electron chi connectivity index (χ2n) is 5.74. The number of amides is 1. The molecule has 0 aliphatic carbocycles. The summed E-state index contributed by atoms with van der Waals surface area (Å²) in [6.07, 6.45) is 1.62. The molecule has 2 fully saturated rings. The summed E-state index contributed by atoms with van der Waals surface area (Å²) in [5.41, 5.74) is 0.658. The molecular weight excluding hydrogens is 256 g/mol. The highest BCUT2D eigenvalue weighted by Gasteiger charge is 2.45. The number of carbonyl (C=O) groups is 1. The summed E-state index contributed by atoms with van der Waals surface area (Å²) in [5.74, 6) is 0. The fraction of sp³-hybridized carbons (Fsp3) is 0.533. The first-order valence-electron chi connectivity index (χ1n) is 7.05. The van der Waals surface area contributed by atoms with E-state index in [0.29, 0.717) is 19.7 Å². The predicted molar refractivity (Wildman–Crippen MR) is 74.2 cm³/mol. The summed E-state index contributed by atoms with van der Waals surface area (Å²) in [7, 11) is 0. The van der Waals surface area contributed by atoms with Gasteiger partial charge in [0, 0.05) is 19.1 Å². The SMILES string of the molecule is O=C(OCc1ccccc1)N1C[C@@H]2CC[C@](CO)(C1)N2. The van der Waals surface area contributed by atoms with E-state index < -0.39 is 0 Å². The Hall–Kier alpha value is -1.59. The Morgan fingerprint density at radius 3 is 3.00 bits per heavy atom. The monoisotopic (exact) mass is 276 g/mol. The lowest BCUT2D eigenvalue weighted by atomic mass is 9.98. The highest BCUT2D eigenvalue weighted by molar-refractivity contribution is 5.68. The van der Waals surface area contributed by atoms with Gasteiger partial charge in [-0.05, 0) is 18.4 Å². The first-order chi connectivity index (χ1) is 9.71. The standard InChI is InChI=1S/C15H20N2O3/c18-11-15-7-6-13(16-15)8-17(10-15)14(19)20-9-12-4-2-1-3-5-12/h1-5,13,16,18H,6-11H2/t13-,15+/m0/s1. The largest absolute Gasteiger partial charge is 0.445 e. The zero-order valence-electron chi connectivity index (χ0n) is 11.4. The molecule has 2 heterocycles. The van der Waals surface area contributed by atoms with Gasteiger partial charge in [0.15, 0.2) is 0 Å². The van der Waals surface area contributed by atoms with Crippen LogP contribution < -0.4 is 5.32 Å². The van der Waals surface area contributed by atoms with E-state index in [2.05, 4.69) is 5.32 Å². The summed E-state index contributed by atoms with van der Waals surface area (Å²) >= 11 is 0. The van der Waals surface area contributed by atoms with Crippen LogP contribution in [-0.2, 0) is 11.3 Å². The number of piperazine rings is 1. The van der Waals surface area contributed by atoms with Gasteiger partial charge in [0.05, 0.1) is 12.1 Å². The molecule has 0 aromatic heterocycles. The molecule has 1 aromatic rings. The van der Waals surface area contributed by atoms with Gasteiger partial charge in [-0.15, -0.1) is 0 Å². The average molecular weight is 276 g/mol. The third kappa shape index (κ3) is 2.64. The molecule has 0 radical (unpaired) electrons. The van der Waals surface area contributed by atoms with Crippen LogP contribution in [0.3, 0.4) is 0 Å². The van der Waals surface area contributed by atoms with Crippen molar-refractivity contribution in [3.05, 3.63) is 35.9 Å². The minimum atomic E-state index is -0.325. The highest BCUT2D eigenvalue weighted by atomic mass is 16.6. The Bertz CT molecular complexity index is 479. The Balaban J connectivity index is 1.58. The van der Waals surface area contributed by atoms with Crippen LogP contribution in [0.2, 0.25) is 0 Å². The van der Waals surface area contributed by atoms with Crippen LogP contribution in [0.5, 0.6) is 0 Å². The molecule has 20 heavy (non-hydrogen) atoms. The van der Waals surface area contributed by atoms with Crippen molar-refractivity contribution < 1.29 is 14.6 Å². The van der Waals surface area contributed by atoms with Gasteiger partial charge in [0.1, 0.15) is 6.61 Å². The molecule has 2 atom stereocenters. The van der Waals surface area contributed by atoms with Gasteiger partial charge in [0.2, 0.25) is 0 Å². The maximum Gasteiger partial charge on any atom is 0.410 e. The van der Waals surface area contributed by atoms with Gasteiger partial charge in [-0.25, -0.2) is 4.79 Å². The first kappa shape index (κ1) is 13.4. The highest BCUT2D eigenvalue weighted by Crippen LogP contribution is 2.29. The molecule has 2 aliphatic heterocycles. The van der Waals surface area contributed by atoms with Crippen molar-refractivity contribution >= 4 is 6.09 Å². The number of aliphatic hydroxyl groups is 1. The average Bonchev–Trinajstić information content (AvgIpc) is 2.81. The Kier molecular flexibility index (Phi) is 3.63. The third-order valence-electron chi connectivity index (χ3n) is 4.18. The number of ether oxygens (including phenoxy) is 1. The quantitative estimate of drug-likeness (QED) is 0.868. The van der Waals surface area contributed by atoms with Gasteiger partial charge in [0.25, 0.3) is 0 Å². The molecule has 0 unspecified atom stereocenters. The van der Waals surface area contributed by atoms with Gasteiger partial charge in [-0.2, -0.15) is 0 Å². The number of nitrogens with one attached hydrogen (secondary N) is 1. The smallest absolute Gasteiger partial charge is 0.410 e. The van der Waals surface area contributed by atoms with Crippen LogP contribution in [0.4, 0.5) is 4.79 Å². The van der Waals surface area contributed by atoms with Crippen LogP contribution in [0, 0.1) is 0 Å². The lowest BCUT2D eigenvalue weighted by molar-refractivity contribution is 0.0544. The summed E-state index contributed by atoms with van der Waals surface area (Å²) in [5, 5.41) is 12.9. The molecule has 1 aromatic carbocycles. The second-order valence-corrected chi connectivity index (χ2v) is 5.74. The lowest BCUT2D eigenvalue weighted by Crippen LogP contribution is -2.62. The molecule has 2 N–H and O–H groups in total. The fourth-order valence-corrected chi connectivity index (χ4v) is 3.11. The van der Waals surface area contributed by atoms with E-state index in [9.17, 15) is 9.90 Å². The maximum absolute atomic E-state index is 12.1. The molecular formula is C15H20N2O3. The Morgan fingerprint density at radius 1 is 1.45 bits per heavy atom. The number of aliphatic hydroxyl groups excluding tert-OH is 1. The van der Waals surface area contributed by atoms with Gasteiger partial charge in [-0.1, -0.05) is 30.3 Å². The zero-order valence-corrected chi connectivity index (χ0v) is 11.4. The summed E-state index contributed by atoms with van der Waals surface area (Å²) in [4.78, 5) is 13.9. The van der Waals surface area contributed by atoms with Crippen molar-refractivity contribution in [1.82, 2.24) is 10.2 Å². The molecule has 5 nitrogen and oxygen atoms in total. The number of hydrogen-bond donors (Lipinski definition) is 2. The summed E-state index contributed by atoms with van der Waals surface area (Å²) in [6.45, 7) is 1.54. The van der Waals surface area contributed by atoms with Gasteiger partial charge < -0.3 is 20.1 Å². The van der Waals surface area contributed by atoms with Crippen molar-refractivity contribution in [3.63, 3.8) is 0 Å². The fourth-order valence-electron chi connectivity index (χ4n) is 3.11. The third-order valence-corrected chi connectivity index (χ3v) is 4.18. The molecule has 5 heteroatoms. The van der Waals surface area contributed by atoms with Crippen molar-refractivity contribution in [2.75, 3.05) is 19.7 Å². The maximum atomic E-state index is 12.1. The first-order valence-corrected chi connectivity index (χ1v) is 7.05. The molecule has 0 saturated carbocycles. The number of nitrogens with zero attached hydrogens (tertiary/aromatic N) is 1. The van der Waals surface area contributed by atoms with Gasteiger partial charge in [-0.3, -0.25) is 0 Å². The minimum Gasteiger partial charge on any atom is -0.445 e. The van der Waals surface area contributed by atoms with Crippen molar-refractivity contribution in [3.8, 4) is 0 Å². The number of fused-ring (bicyclic) bond motifs is 2. The normalized spacial score (nSPS) is 28.4. The molecule has 108 valence electrons. The predicted octanol–water partition coefficient (Wildman–Crippen LogP) is 1.12. The van der Waals surface area contributed by atoms with Crippen molar-refractivity contribution in [1.29, 1.82) is 0 Å². The van der Waals surface area contributed by atoms with E-state index in [0.717, 1.165) is 18.4 Å². The number of rotatable bonds is 3. The minimum absolute atomic E-state index is 0.0615. The Labute approximate surface area is 118 Å². The van der Waals surface area contributed by atoms with Gasteiger partial charge >= 0.3 is 6.09 Å². The molecule has 2 aliphatic rings. The van der Waals surface area contributed by atoms with E-state index in [1.54, 1.807) is 4.90 Å². The molecule has 2 saturated heterocycles. The lowest BCUT2D eigenvalue weighted by Gasteiger charge is -2.39. The van der Waals surface area contributed by atoms with Crippen molar-refractivity contribution in [2.24, 2.45) is 0 Å². The van der Waals surface area contributed by atoms with Crippen LogP contribution in [0.1, 0.15) is 18.4 Å². The number of benzene rings is 1. The van der Waals surface area contributed by atoms with Crippen LogP contribution in [0.25, 0.3) is 0 Å². The van der Waals surface area contributed by atoms with Crippen LogP contribution in [0.15, 0.2) is 30.3 Å². The molecule has 1 amide bonds. The molecule has 0 spiro atoms. The Morgan fingerprint density at radius 2 is 2.25 bits per heavy atom. The summed E-state index contributed by atoms with van der Waals surface area (Å²) in [6, 6.07) is 9.93. The second kappa shape index (κ2) is 5.42. The van der Waals surface area contributed by atoms with E-state index in [1.165, 1.54) is 0 Å². The number of likely N-dealkylation sites (tertiary alicyclic amines) is 1. The zero-order chi connectivity index (χ0) is 14.0. The molecule has 3 rings (SSSR count).